The standard InChI is InChI=1S/C15H18O3/c1-18-14(17)12-6-8-15(12)7-2-3-10-4-5-11(16)9-13(10)15/h4-5,9,12,16H,2-3,6-8H2,1H3/t12-,15-/m0/s1. The van der Waals surface area contributed by atoms with E-state index in [-0.39, 0.29) is 17.3 Å². The molecule has 1 aromatic carbocycles. The minimum Gasteiger partial charge on any atom is -0.508 e. The van der Waals surface area contributed by atoms with Gasteiger partial charge in [-0.25, -0.2) is 0 Å². The summed E-state index contributed by atoms with van der Waals surface area (Å²) >= 11 is 0. The van der Waals surface area contributed by atoms with E-state index in [9.17, 15) is 9.90 Å². The van der Waals surface area contributed by atoms with Crippen LogP contribution in [0.25, 0.3) is 0 Å². The van der Waals surface area contributed by atoms with Crippen LogP contribution in [0.2, 0.25) is 0 Å². The van der Waals surface area contributed by atoms with E-state index >= 15 is 0 Å². The van der Waals surface area contributed by atoms with Crippen molar-refractivity contribution < 1.29 is 14.6 Å². The van der Waals surface area contributed by atoms with Crippen LogP contribution in [0.5, 0.6) is 5.75 Å². The van der Waals surface area contributed by atoms with Gasteiger partial charge in [0.2, 0.25) is 0 Å². The third kappa shape index (κ3) is 1.46. The number of rotatable bonds is 1. The third-order valence-corrected chi connectivity index (χ3v) is 4.73. The largest absolute Gasteiger partial charge is 0.508 e. The van der Waals surface area contributed by atoms with E-state index in [1.165, 1.54) is 18.2 Å². The summed E-state index contributed by atoms with van der Waals surface area (Å²) in [6.45, 7) is 0. The number of ether oxygens (including phenoxy) is 1. The molecule has 1 aromatic rings. The SMILES string of the molecule is COC(=O)[C@@H]1CC[C@@]12CCCc1ccc(O)cc12. The van der Waals surface area contributed by atoms with Gasteiger partial charge in [0.15, 0.2) is 0 Å². The summed E-state index contributed by atoms with van der Waals surface area (Å²) in [5, 5.41) is 9.71. The fraction of sp³-hybridized carbons (Fsp3) is 0.533. The second-order valence-electron chi connectivity index (χ2n) is 5.47. The number of carbonyl (C=O) groups is 1. The minimum absolute atomic E-state index is 0.0247. The summed E-state index contributed by atoms with van der Waals surface area (Å²) in [4.78, 5) is 11.9. The Kier molecular flexibility index (Phi) is 2.58. The molecule has 0 aliphatic heterocycles. The number of methoxy groups -OCH3 is 1. The molecule has 1 N–H and O–H groups in total. The summed E-state index contributed by atoms with van der Waals surface area (Å²) in [6.07, 6.45) is 5.13. The average molecular weight is 246 g/mol. The van der Waals surface area contributed by atoms with Gasteiger partial charge in [-0.3, -0.25) is 4.79 Å². The molecular formula is C15H18O3. The number of hydrogen-bond donors (Lipinski definition) is 1. The highest BCUT2D eigenvalue weighted by Crippen LogP contribution is 2.56. The van der Waals surface area contributed by atoms with Crippen molar-refractivity contribution in [2.24, 2.45) is 5.92 Å². The molecule has 2 aliphatic carbocycles. The maximum atomic E-state index is 11.9. The van der Waals surface area contributed by atoms with Crippen molar-refractivity contribution in [1.82, 2.24) is 0 Å². The van der Waals surface area contributed by atoms with Gasteiger partial charge in [-0.2, -0.15) is 0 Å². The lowest BCUT2D eigenvalue weighted by Crippen LogP contribution is -2.50. The van der Waals surface area contributed by atoms with Crippen LogP contribution >= 0.6 is 0 Å². The number of aromatic hydroxyl groups is 1. The third-order valence-electron chi connectivity index (χ3n) is 4.73. The first-order valence-electron chi connectivity index (χ1n) is 6.57. The Morgan fingerprint density at radius 2 is 2.28 bits per heavy atom. The van der Waals surface area contributed by atoms with Crippen molar-refractivity contribution in [1.29, 1.82) is 0 Å². The molecule has 0 amide bonds. The van der Waals surface area contributed by atoms with E-state index in [0.29, 0.717) is 5.75 Å². The maximum absolute atomic E-state index is 11.9. The highest BCUT2D eigenvalue weighted by molar-refractivity contribution is 5.76. The zero-order chi connectivity index (χ0) is 12.8. The first-order valence-corrected chi connectivity index (χ1v) is 6.57. The zero-order valence-electron chi connectivity index (χ0n) is 10.6. The number of carbonyl (C=O) groups excluding carboxylic acids is 1. The second-order valence-corrected chi connectivity index (χ2v) is 5.47. The zero-order valence-corrected chi connectivity index (χ0v) is 10.6. The molecular weight excluding hydrogens is 228 g/mol. The molecule has 0 saturated heterocycles. The van der Waals surface area contributed by atoms with Crippen molar-refractivity contribution in [2.45, 2.75) is 37.5 Å². The molecule has 0 heterocycles. The second kappa shape index (κ2) is 4.01. The molecule has 3 rings (SSSR count). The molecule has 1 saturated carbocycles. The van der Waals surface area contributed by atoms with Crippen molar-refractivity contribution in [3.05, 3.63) is 29.3 Å². The van der Waals surface area contributed by atoms with Gasteiger partial charge in [0.1, 0.15) is 5.75 Å². The number of hydrogen-bond acceptors (Lipinski definition) is 3. The van der Waals surface area contributed by atoms with Crippen LogP contribution in [-0.2, 0) is 21.4 Å². The van der Waals surface area contributed by atoms with Gasteiger partial charge in [0.25, 0.3) is 0 Å². The quantitative estimate of drug-likeness (QED) is 0.775. The van der Waals surface area contributed by atoms with Gasteiger partial charge in [-0.1, -0.05) is 6.07 Å². The van der Waals surface area contributed by atoms with Crippen LogP contribution in [0.15, 0.2) is 18.2 Å². The molecule has 1 spiro atoms. The highest BCUT2D eigenvalue weighted by Gasteiger charge is 2.53. The lowest BCUT2D eigenvalue weighted by atomic mass is 9.52. The molecule has 2 atom stereocenters. The Bertz CT molecular complexity index is 495. The van der Waals surface area contributed by atoms with Crippen LogP contribution in [0.3, 0.4) is 0 Å². The van der Waals surface area contributed by atoms with E-state index in [1.54, 1.807) is 6.07 Å². The Hall–Kier alpha value is -1.51. The Labute approximate surface area is 107 Å². The molecule has 0 unspecified atom stereocenters. The molecule has 0 bridgehead atoms. The predicted molar refractivity (Wildman–Crippen MR) is 67.5 cm³/mol. The lowest BCUT2D eigenvalue weighted by molar-refractivity contribution is -0.153. The summed E-state index contributed by atoms with van der Waals surface area (Å²) in [6, 6.07) is 5.59. The van der Waals surface area contributed by atoms with E-state index in [1.807, 2.05) is 12.1 Å². The van der Waals surface area contributed by atoms with Crippen LogP contribution in [0, 0.1) is 5.92 Å². The summed E-state index contributed by atoms with van der Waals surface area (Å²) in [5.74, 6) is 0.173. The summed E-state index contributed by atoms with van der Waals surface area (Å²) < 4.78 is 4.93. The van der Waals surface area contributed by atoms with Crippen molar-refractivity contribution in [2.75, 3.05) is 7.11 Å². The van der Waals surface area contributed by atoms with E-state index in [4.69, 9.17) is 4.74 Å². The highest BCUT2D eigenvalue weighted by atomic mass is 16.5. The Morgan fingerprint density at radius 3 is 2.94 bits per heavy atom. The first-order chi connectivity index (χ1) is 8.67. The van der Waals surface area contributed by atoms with Crippen LogP contribution < -0.4 is 0 Å². The molecule has 2 aliphatic rings. The normalized spacial score (nSPS) is 29.5. The number of phenolic OH excluding ortho intramolecular Hbond substituents is 1. The molecule has 1 fully saturated rings. The number of benzene rings is 1. The molecule has 3 nitrogen and oxygen atoms in total. The molecule has 96 valence electrons. The fourth-order valence-electron chi connectivity index (χ4n) is 3.72. The molecule has 0 radical (unpaired) electrons. The number of phenols is 1. The minimum atomic E-state index is -0.0996. The van der Waals surface area contributed by atoms with Gasteiger partial charge < -0.3 is 9.84 Å². The predicted octanol–water partition coefficient (Wildman–Crippen LogP) is 2.55. The number of fused-ring (bicyclic) bond motifs is 2. The molecule has 3 heteroatoms. The van der Waals surface area contributed by atoms with Gasteiger partial charge >= 0.3 is 5.97 Å². The summed E-state index contributed by atoms with van der Waals surface area (Å²) in [7, 11) is 1.46. The van der Waals surface area contributed by atoms with Crippen molar-refractivity contribution in [3.63, 3.8) is 0 Å². The van der Waals surface area contributed by atoms with E-state index in [0.717, 1.165) is 32.1 Å². The van der Waals surface area contributed by atoms with Gasteiger partial charge in [0, 0.05) is 5.41 Å². The summed E-state index contributed by atoms with van der Waals surface area (Å²) in [5.41, 5.74) is 2.39. The topological polar surface area (TPSA) is 46.5 Å². The van der Waals surface area contributed by atoms with E-state index < -0.39 is 0 Å². The lowest BCUT2D eigenvalue weighted by Gasteiger charge is -2.51. The smallest absolute Gasteiger partial charge is 0.309 e. The van der Waals surface area contributed by atoms with Gasteiger partial charge in [0.05, 0.1) is 13.0 Å². The maximum Gasteiger partial charge on any atom is 0.309 e. The van der Waals surface area contributed by atoms with Gasteiger partial charge in [-0.15, -0.1) is 0 Å². The molecule has 0 aromatic heterocycles. The Morgan fingerprint density at radius 1 is 1.44 bits per heavy atom. The van der Waals surface area contributed by atoms with Crippen molar-refractivity contribution >= 4 is 5.97 Å². The molecule has 18 heavy (non-hydrogen) atoms. The first kappa shape index (κ1) is 11.6. The monoisotopic (exact) mass is 246 g/mol. The van der Waals surface area contributed by atoms with Crippen LogP contribution in [0.1, 0.15) is 36.8 Å². The fourth-order valence-corrected chi connectivity index (χ4v) is 3.72. The van der Waals surface area contributed by atoms with Crippen LogP contribution in [-0.4, -0.2) is 18.2 Å². The Balaban J connectivity index is 2.05. The average Bonchev–Trinajstić information content (AvgIpc) is 2.36. The number of aryl methyl sites for hydroxylation is 1. The van der Waals surface area contributed by atoms with Crippen molar-refractivity contribution in [3.8, 4) is 5.75 Å². The van der Waals surface area contributed by atoms with Gasteiger partial charge in [-0.05, 0) is 55.4 Å². The number of esters is 1. The van der Waals surface area contributed by atoms with E-state index in [2.05, 4.69) is 0 Å². The van der Waals surface area contributed by atoms with Crippen LogP contribution in [0.4, 0.5) is 0 Å².